The first-order chi connectivity index (χ1) is 14.9. The maximum absolute atomic E-state index is 13.9. The van der Waals surface area contributed by atoms with Crippen molar-refractivity contribution >= 4 is 23.1 Å². The van der Waals surface area contributed by atoms with Crippen LogP contribution < -0.4 is 14.4 Å². The van der Waals surface area contributed by atoms with Gasteiger partial charge in [0.05, 0.1) is 25.5 Å². The van der Waals surface area contributed by atoms with Crippen molar-refractivity contribution in [3.05, 3.63) is 59.5 Å². The van der Waals surface area contributed by atoms with Crippen molar-refractivity contribution in [3.8, 4) is 11.5 Å². The van der Waals surface area contributed by atoms with E-state index < -0.39 is 17.6 Å². The molecule has 0 atom stereocenters. The quantitative estimate of drug-likeness (QED) is 0.683. The lowest BCUT2D eigenvalue weighted by atomic mass is 9.97. The van der Waals surface area contributed by atoms with Gasteiger partial charge in [-0.2, -0.15) is 0 Å². The molecular formula is C24H25FN2O4. The fraction of sp³-hybridized carbons (Fsp3) is 0.333. The Morgan fingerprint density at radius 2 is 1.65 bits per heavy atom. The molecule has 2 aromatic carbocycles. The Bertz CT molecular complexity index is 1060. The Hall–Kier alpha value is -3.35. The van der Waals surface area contributed by atoms with Crippen molar-refractivity contribution in [1.82, 2.24) is 4.90 Å². The van der Waals surface area contributed by atoms with E-state index in [1.165, 1.54) is 32.4 Å². The van der Waals surface area contributed by atoms with Gasteiger partial charge in [-0.3, -0.25) is 9.59 Å². The molecule has 6 nitrogen and oxygen atoms in total. The molecule has 0 aromatic heterocycles. The first kappa shape index (κ1) is 20.9. The maximum Gasteiger partial charge on any atom is 0.282 e. The van der Waals surface area contributed by atoms with Crippen LogP contribution in [0.3, 0.4) is 0 Å². The van der Waals surface area contributed by atoms with Crippen molar-refractivity contribution in [2.45, 2.75) is 19.8 Å². The lowest BCUT2D eigenvalue weighted by Crippen LogP contribution is -2.38. The minimum absolute atomic E-state index is 0.216. The molecule has 1 fully saturated rings. The van der Waals surface area contributed by atoms with Crippen LogP contribution in [0.25, 0.3) is 5.57 Å². The number of rotatable bonds is 5. The van der Waals surface area contributed by atoms with Crippen molar-refractivity contribution in [2.75, 3.05) is 32.2 Å². The normalized spacial score (nSPS) is 17.5. The average Bonchev–Trinajstić information content (AvgIpc) is 3.03. The number of piperidine rings is 1. The van der Waals surface area contributed by atoms with E-state index in [9.17, 15) is 14.0 Å². The van der Waals surface area contributed by atoms with E-state index >= 15 is 0 Å². The molecule has 162 valence electrons. The molecule has 0 N–H and O–H groups in total. The first-order valence-electron chi connectivity index (χ1n) is 10.3. The van der Waals surface area contributed by atoms with Crippen LogP contribution in [0.5, 0.6) is 11.5 Å². The molecule has 0 aliphatic carbocycles. The van der Waals surface area contributed by atoms with Crippen LogP contribution in [0.2, 0.25) is 0 Å². The summed E-state index contributed by atoms with van der Waals surface area (Å²) in [5.74, 6) is 0.132. The molecule has 31 heavy (non-hydrogen) atoms. The van der Waals surface area contributed by atoms with Crippen molar-refractivity contribution < 1.29 is 23.5 Å². The van der Waals surface area contributed by atoms with Gasteiger partial charge in [0.2, 0.25) is 0 Å². The zero-order valence-corrected chi connectivity index (χ0v) is 17.9. The van der Waals surface area contributed by atoms with E-state index in [1.54, 1.807) is 24.3 Å². The van der Waals surface area contributed by atoms with E-state index in [2.05, 4.69) is 6.92 Å². The standard InChI is InChI=1S/C24H25FN2O4/c1-15-9-11-26(12-10-15)22-21(16-7-8-19(30-2)20(13-16)31-3)23(28)27(24(22)29)18-6-4-5-17(25)14-18/h4-8,13-15H,9-12H2,1-3H3. The van der Waals surface area contributed by atoms with Gasteiger partial charge in [-0.25, -0.2) is 9.29 Å². The number of halogens is 1. The summed E-state index contributed by atoms with van der Waals surface area (Å²) in [5.41, 5.74) is 1.43. The van der Waals surface area contributed by atoms with Crippen molar-refractivity contribution in [1.29, 1.82) is 0 Å². The Balaban J connectivity index is 1.84. The van der Waals surface area contributed by atoms with Gasteiger partial charge >= 0.3 is 0 Å². The van der Waals surface area contributed by atoms with Gasteiger partial charge in [0, 0.05) is 13.1 Å². The van der Waals surface area contributed by atoms with Crippen LogP contribution >= 0.6 is 0 Å². The predicted molar refractivity (Wildman–Crippen MR) is 115 cm³/mol. The van der Waals surface area contributed by atoms with E-state index in [0.717, 1.165) is 17.7 Å². The number of carbonyl (C=O) groups excluding carboxylic acids is 2. The smallest absolute Gasteiger partial charge is 0.282 e. The number of carbonyl (C=O) groups is 2. The van der Waals surface area contributed by atoms with Gasteiger partial charge in [0.15, 0.2) is 11.5 Å². The SMILES string of the molecule is COc1ccc(C2=C(N3CCC(C)CC3)C(=O)N(c3cccc(F)c3)C2=O)cc1OC. The average molecular weight is 424 g/mol. The minimum Gasteiger partial charge on any atom is -0.493 e. The molecule has 0 bridgehead atoms. The highest BCUT2D eigenvalue weighted by Gasteiger charge is 2.43. The molecule has 2 heterocycles. The second kappa shape index (κ2) is 8.41. The Kier molecular flexibility index (Phi) is 5.67. The highest BCUT2D eigenvalue weighted by molar-refractivity contribution is 6.45. The zero-order chi connectivity index (χ0) is 22.1. The van der Waals surface area contributed by atoms with Gasteiger partial charge in [-0.15, -0.1) is 0 Å². The van der Waals surface area contributed by atoms with Crippen LogP contribution in [0, 0.1) is 11.7 Å². The van der Waals surface area contributed by atoms with Crippen molar-refractivity contribution in [2.24, 2.45) is 5.92 Å². The molecule has 0 unspecified atom stereocenters. The number of anilines is 1. The van der Waals surface area contributed by atoms with Gasteiger partial charge < -0.3 is 14.4 Å². The molecule has 7 heteroatoms. The lowest BCUT2D eigenvalue weighted by Gasteiger charge is -2.32. The van der Waals surface area contributed by atoms with Gasteiger partial charge in [-0.1, -0.05) is 19.1 Å². The van der Waals surface area contributed by atoms with E-state index in [1.807, 2.05) is 4.90 Å². The number of ether oxygens (including phenoxy) is 2. The fourth-order valence-electron chi connectivity index (χ4n) is 4.15. The molecule has 2 aliphatic heterocycles. The number of amides is 2. The molecule has 0 saturated carbocycles. The van der Waals surface area contributed by atoms with E-state index in [-0.39, 0.29) is 5.69 Å². The molecule has 2 aliphatic rings. The fourth-order valence-corrected chi connectivity index (χ4v) is 4.15. The van der Waals surface area contributed by atoms with Crippen LogP contribution in [-0.2, 0) is 9.59 Å². The van der Waals surface area contributed by atoms with Crippen molar-refractivity contribution in [3.63, 3.8) is 0 Å². The Morgan fingerprint density at radius 3 is 2.29 bits per heavy atom. The maximum atomic E-state index is 13.9. The van der Waals surface area contributed by atoms with Crippen LogP contribution in [0.1, 0.15) is 25.3 Å². The summed E-state index contributed by atoms with van der Waals surface area (Å²) in [6.45, 7) is 3.55. The lowest BCUT2D eigenvalue weighted by molar-refractivity contribution is -0.120. The van der Waals surface area contributed by atoms with Crippen LogP contribution in [0.15, 0.2) is 48.2 Å². The minimum atomic E-state index is -0.508. The van der Waals surface area contributed by atoms with Crippen LogP contribution in [0.4, 0.5) is 10.1 Å². The zero-order valence-electron chi connectivity index (χ0n) is 17.9. The second-order valence-electron chi connectivity index (χ2n) is 7.89. The number of nitrogens with zero attached hydrogens (tertiary/aromatic N) is 2. The number of imide groups is 1. The predicted octanol–water partition coefficient (Wildman–Crippen LogP) is 3.86. The molecule has 0 spiro atoms. The number of hydrogen-bond donors (Lipinski definition) is 0. The third kappa shape index (κ3) is 3.76. The second-order valence-corrected chi connectivity index (χ2v) is 7.89. The summed E-state index contributed by atoms with van der Waals surface area (Å²) in [6.07, 6.45) is 1.87. The van der Waals surface area contributed by atoms with Gasteiger partial charge in [0.1, 0.15) is 11.5 Å². The summed E-state index contributed by atoms with van der Waals surface area (Å²) in [6, 6.07) is 10.7. The summed E-state index contributed by atoms with van der Waals surface area (Å²) in [7, 11) is 3.05. The van der Waals surface area contributed by atoms with E-state index in [4.69, 9.17) is 9.47 Å². The molecule has 1 saturated heterocycles. The highest BCUT2D eigenvalue weighted by Crippen LogP contribution is 2.39. The number of benzene rings is 2. The molecule has 2 amide bonds. The molecule has 2 aromatic rings. The van der Waals surface area contributed by atoms with Gasteiger partial charge in [0.25, 0.3) is 11.8 Å². The third-order valence-corrected chi connectivity index (χ3v) is 5.90. The molecular weight excluding hydrogens is 399 g/mol. The number of hydrogen-bond acceptors (Lipinski definition) is 5. The van der Waals surface area contributed by atoms with Gasteiger partial charge in [-0.05, 0) is 54.7 Å². The summed E-state index contributed by atoms with van der Waals surface area (Å²) < 4.78 is 24.6. The topological polar surface area (TPSA) is 59.1 Å². The summed E-state index contributed by atoms with van der Waals surface area (Å²) >= 11 is 0. The number of methoxy groups -OCH3 is 2. The number of likely N-dealkylation sites (tertiary alicyclic amines) is 1. The Morgan fingerprint density at radius 1 is 0.935 bits per heavy atom. The highest BCUT2D eigenvalue weighted by atomic mass is 19.1. The largest absolute Gasteiger partial charge is 0.493 e. The van der Waals surface area contributed by atoms with E-state index in [0.29, 0.717) is 47.3 Å². The first-order valence-corrected chi connectivity index (χ1v) is 10.3. The summed E-state index contributed by atoms with van der Waals surface area (Å²) in [5, 5.41) is 0. The Labute approximate surface area is 180 Å². The monoisotopic (exact) mass is 424 g/mol. The van der Waals surface area contributed by atoms with Crippen LogP contribution in [-0.4, -0.2) is 44.0 Å². The third-order valence-electron chi connectivity index (χ3n) is 5.90. The summed E-state index contributed by atoms with van der Waals surface area (Å²) in [4.78, 5) is 30.1. The molecule has 4 rings (SSSR count). The molecule has 0 radical (unpaired) electrons.